The van der Waals surface area contributed by atoms with E-state index in [1.54, 1.807) is 0 Å². The molecule has 88 heavy (non-hydrogen) atoms. The minimum absolute atomic E-state index is 0.00865. The predicted molar refractivity (Wildman–Crippen MR) is 389 cm³/mol. The van der Waals surface area contributed by atoms with Gasteiger partial charge in [0.1, 0.15) is 0 Å². The second kappa shape index (κ2) is 77.8. The summed E-state index contributed by atoms with van der Waals surface area (Å²) < 4.78 is 5.50. The van der Waals surface area contributed by atoms with Crippen LogP contribution in [-0.4, -0.2) is 47.4 Å². The summed E-state index contributed by atoms with van der Waals surface area (Å²) in [5.74, 6) is -0.0157. The van der Waals surface area contributed by atoms with Gasteiger partial charge in [-0.05, 0) is 57.8 Å². The van der Waals surface area contributed by atoms with E-state index in [9.17, 15) is 19.8 Å². The summed E-state index contributed by atoms with van der Waals surface area (Å²) in [5.41, 5.74) is 0. The zero-order valence-electron chi connectivity index (χ0n) is 60.0. The standard InChI is InChI=1S/C82H159NO5/c1-3-5-7-9-11-13-15-17-19-20-21-22-34-37-40-43-47-50-54-58-62-66-70-74-80(85)79(78-84)83-81(86)75-71-67-63-59-55-51-48-44-41-38-35-32-30-28-26-24-23-25-27-29-31-33-36-39-42-45-49-53-57-61-65-69-73-77-88-82(87)76-72-68-64-60-56-52-46-18-16-14-12-10-8-6-4-2/h12,14,18,46,79-80,84-85H,3-11,13,15-17,19-45,47-78H2,1-2H3,(H,83,86)/b14-12-,46-18-. The number of amides is 1. The van der Waals surface area contributed by atoms with E-state index in [-0.39, 0.29) is 18.5 Å². The topological polar surface area (TPSA) is 95.9 Å². The summed E-state index contributed by atoms with van der Waals surface area (Å²) in [6.45, 7) is 4.98. The molecular weight excluding hydrogens is 1080 g/mol. The van der Waals surface area contributed by atoms with Crippen LogP contribution in [0.3, 0.4) is 0 Å². The van der Waals surface area contributed by atoms with Crippen molar-refractivity contribution in [3.8, 4) is 0 Å². The first-order valence-corrected chi connectivity index (χ1v) is 40.6. The van der Waals surface area contributed by atoms with Gasteiger partial charge in [0.2, 0.25) is 5.91 Å². The van der Waals surface area contributed by atoms with Gasteiger partial charge in [0.15, 0.2) is 0 Å². The van der Waals surface area contributed by atoms with Gasteiger partial charge in [0.25, 0.3) is 0 Å². The average Bonchev–Trinajstić information content (AvgIpc) is 3.58. The third-order valence-electron chi connectivity index (χ3n) is 19.3. The molecule has 522 valence electrons. The number of ether oxygens (including phenoxy) is 1. The lowest BCUT2D eigenvalue weighted by Gasteiger charge is -2.22. The maximum Gasteiger partial charge on any atom is 0.305 e. The molecule has 0 spiro atoms. The average molecular weight is 1240 g/mol. The van der Waals surface area contributed by atoms with Crippen molar-refractivity contribution < 1.29 is 24.5 Å². The second-order valence-corrected chi connectivity index (χ2v) is 28.1. The molecule has 0 saturated carbocycles. The molecule has 6 heteroatoms. The number of hydrogen-bond acceptors (Lipinski definition) is 5. The monoisotopic (exact) mass is 1240 g/mol. The van der Waals surface area contributed by atoms with Crippen molar-refractivity contribution in [2.24, 2.45) is 0 Å². The van der Waals surface area contributed by atoms with Crippen molar-refractivity contribution in [2.45, 2.75) is 475 Å². The van der Waals surface area contributed by atoms with Crippen molar-refractivity contribution in [1.82, 2.24) is 5.32 Å². The molecule has 3 N–H and O–H groups in total. The molecule has 0 aliphatic rings. The van der Waals surface area contributed by atoms with E-state index in [1.165, 1.54) is 379 Å². The van der Waals surface area contributed by atoms with E-state index in [0.717, 1.165) is 51.4 Å². The molecule has 6 nitrogen and oxygen atoms in total. The summed E-state index contributed by atoms with van der Waals surface area (Å²) in [6.07, 6.45) is 99.9. The van der Waals surface area contributed by atoms with E-state index >= 15 is 0 Å². The fraction of sp³-hybridized carbons (Fsp3) is 0.927. The van der Waals surface area contributed by atoms with Crippen LogP contribution in [0.2, 0.25) is 0 Å². The van der Waals surface area contributed by atoms with E-state index in [0.29, 0.717) is 25.9 Å². The van der Waals surface area contributed by atoms with Crippen molar-refractivity contribution in [3.05, 3.63) is 24.3 Å². The van der Waals surface area contributed by atoms with E-state index in [4.69, 9.17) is 4.74 Å². The molecule has 0 saturated heterocycles. The van der Waals surface area contributed by atoms with Crippen LogP contribution in [0, 0.1) is 0 Å². The van der Waals surface area contributed by atoms with Crippen molar-refractivity contribution in [2.75, 3.05) is 13.2 Å². The number of allylic oxidation sites excluding steroid dienone is 4. The number of nitrogens with one attached hydrogen (secondary N) is 1. The maximum absolute atomic E-state index is 12.6. The van der Waals surface area contributed by atoms with Crippen LogP contribution in [0.1, 0.15) is 463 Å². The van der Waals surface area contributed by atoms with Gasteiger partial charge in [0.05, 0.1) is 25.4 Å². The van der Waals surface area contributed by atoms with Crippen LogP contribution in [0.25, 0.3) is 0 Å². The summed E-state index contributed by atoms with van der Waals surface area (Å²) in [4.78, 5) is 24.7. The highest BCUT2D eigenvalue weighted by atomic mass is 16.5. The van der Waals surface area contributed by atoms with Gasteiger partial charge in [-0.3, -0.25) is 9.59 Å². The van der Waals surface area contributed by atoms with Crippen LogP contribution < -0.4 is 5.32 Å². The number of rotatable bonds is 77. The minimum atomic E-state index is -0.662. The van der Waals surface area contributed by atoms with Gasteiger partial charge in [-0.15, -0.1) is 0 Å². The number of carbonyl (C=O) groups is 2. The first-order valence-electron chi connectivity index (χ1n) is 40.6. The van der Waals surface area contributed by atoms with Crippen molar-refractivity contribution in [3.63, 3.8) is 0 Å². The molecule has 0 rings (SSSR count). The fourth-order valence-electron chi connectivity index (χ4n) is 13.1. The Hall–Kier alpha value is -1.66. The zero-order chi connectivity index (χ0) is 63.5. The Morgan fingerprint density at radius 3 is 0.886 bits per heavy atom. The molecule has 0 radical (unpaired) electrons. The molecule has 0 aromatic heterocycles. The van der Waals surface area contributed by atoms with Gasteiger partial charge < -0.3 is 20.3 Å². The van der Waals surface area contributed by atoms with Crippen LogP contribution >= 0.6 is 0 Å². The first kappa shape index (κ1) is 86.3. The maximum atomic E-state index is 12.6. The number of esters is 1. The Balaban J connectivity index is 3.33. The molecule has 0 aliphatic carbocycles. The Kier molecular flexibility index (Phi) is 76.3. The van der Waals surface area contributed by atoms with Gasteiger partial charge in [0, 0.05) is 12.8 Å². The molecule has 2 atom stereocenters. The molecule has 0 fully saturated rings. The van der Waals surface area contributed by atoms with E-state index in [1.807, 2.05) is 0 Å². The van der Waals surface area contributed by atoms with Crippen LogP contribution in [-0.2, 0) is 14.3 Å². The van der Waals surface area contributed by atoms with Gasteiger partial charge in [-0.2, -0.15) is 0 Å². The van der Waals surface area contributed by atoms with Crippen molar-refractivity contribution >= 4 is 11.9 Å². The molecule has 0 bridgehead atoms. The number of hydrogen-bond donors (Lipinski definition) is 3. The lowest BCUT2D eigenvalue weighted by molar-refractivity contribution is -0.143. The zero-order valence-corrected chi connectivity index (χ0v) is 60.0. The van der Waals surface area contributed by atoms with Gasteiger partial charge >= 0.3 is 5.97 Å². The van der Waals surface area contributed by atoms with Gasteiger partial charge in [-0.1, -0.05) is 417 Å². The third-order valence-corrected chi connectivity index (χ3v) is 19.3. The highest BCUT2D eigenvalue weighted by Gasteiger charge is 2.20. The molecule has 0 heterocycles. The summed E-state index contributed by atoms with van der Waals surface area (Å²) in [6, 6.07) is -0.539. The minimum Gasteiger partial charge on any atom is -0.466 e. The first-order chi connectivity index (χ1) is 43.5. The lowest BCUT2D eigenvalue weighted by Crippen LogP contribution is -2.45. The number of carbonyl (C=O) groups excluding carboxylic acids is 2. The smallest absolute Gasteiger partial charge is 0.305 e. The third kappa shape index (κ3) is 73.4. The lowest BCUT2D eigenvalue weighted by atomic mass is 10.0. The van der Waals surface area contributed by atoms with Crippen LogP contribution in [0.4, 0.5) is 0 Å². The predicted octanol–water partition coefficient (Wildman–Crippen LogP) is 26.8. The Labute approximate surface area is 551 Å². The van der Waals surface area contributed by atoms with E-state index in [2.05, 4.69) is 43.5 Å². The summed E-state index contributed by atoms with van der Waals surface area (Å²) >= 11 is 0. The van der Waals surface area contributed by atoms with E-state index < -0.39 is 12.1 Å². The van der Waals surface area contributed by atoms with Crippen LogP contribution in [0.5, 0.6) is 0 Å². The molecule has 2 unspecified atom stereocenters. The molecule has 0 aromatic rings. The molecule has 0 aliphatic heterocycles. The molecule has 1 amide bonds. The SMILES string of the molecule is CCCCC/C=C\C/C=C\CCCCCCCC(=O)OCCCCCCCCCCCCCCCCCCCCCCCCCCCCCCCCCCCC(=O)NC(CO)C(O)CCCCCCCCCCCCCCCCCCCCCCCCC. The second-order valence-electron chi connectivity index (χ2n) is 28.1. The fourth-order valence-corrected chi connectivity index (χ4v) is 13.1. The number of aliphatic hydroxyl groups is 2. The Morgan fingerprint density at radius 1 is 0.318 bits per heavy atom. The molecule has 0 aromatic carbocycles. The summed E-state index contributed by atoms with van der Waals surface area (Å²) in [5, 5.41) is 23.5. The number of aliphatic hydroxyl groups excluding tert-OH is 2. The van der Waals surface area contributed by atoms with Crippen molar-refractivity contribution in [1.29, 1.82) is 0 Å². The quantitative estimate of drug-likeness (QED) is 0.0320. The van der Waals surface area contributed by atoms with Gasteiger partial charge in [-0.25, -0.2) is 0 Å². The summed E-state index contributed by atoms with van der Waals surface area (Å²) in [7, 11) is 0. The Morgan fingerprint density at radius 2 is 0.568 bits per heavy atom. The normalized spacial score (nSPS) is 12.5. The molecular formula is C82H159NO5. The highest BCUT2D eigenvalue weighted by molar-refractivity contribution is 5.76. The number of unbranched alkanes of at least 4 members (excludes halogenated alkanes) is 62. The van der Waals surface area contributed by atoms with Crippen LogP contribution in [0.15, 0.2) is 24.3 Å². The highest BCUT2D eigenvalue weighted by Crippen LogP contribution is 2.20. The Bertz CT molecular complexity index is 1380. The largest absolute Gasteiger partial charge is 0.466 e.